The lowest BCUT2D eigenvalue weighted by molar-refractivity contribution is -0.161. The number of allylic oxidation sites excluding steroid dienone is 7. The number of carbonyl (C=O) groups is 2. The summed E-state index contributed by atoms with van der Waals surface area (Å²) in [5.74, 6) is -0.924. The molecule has 0 rings (SSSR count). The van der Waals surface area contributed by atoms with E-state index in [1.165, 1.54) is 44.9 Å². The maximum absolute atomic E-state index is 12.5. The summed E-state index contributed by atoms with van der Waals surface area (Å²) in [7, 11) is -4.39. The first-order valence-electron chi connectivity index (χ1n) is 19.2. The van der Waals surface area contributed by atoms with Gasteiger partial charge in [0.05, 0.1) is 19.3 Å². The summed E-state index contributed by atoms with van der Waals surface area (Å²) in [5, 5.41) is 9.87. The molecule has 0 fully saturated rings. The van der Waals surface area contributed by atoms with Crippen LogP contribution in [-0.4, -0.2) is 60.5 Å². The van der Waals surface area contributed by atoms with Gasteiger partial charge >= 0.3 is 19.8 Å². The number of esters is 2. The van der Waals surface area contributed by atoms with Crippen LogP contribution in [0.4, 0.5) is 0 Å². The number of aliphatic hydroxyl groups excluding tert-OH is 1. The zero-order valence-corrected chi connectivity index (χ0v) is 32.1. The van der Waals surface area contributed by atoms with E-state index in [-0.39, 0.29) is 38.7 Å². The zero-order chi connectivity index (χ0) is 37.0. The molecule has 4 N–H and O–H groups in total. The number of phosphoric ester groups is 1. The van der Waals surface area contributed by atoms with E-state index < -0.39 is 32.5 Å². The number of nitrogens with two attached hydrogens (primary N) is 1. The zero-order valence-electron chi connectivity index (χ0n) is 31.2. The topological polar surface area (TPSA) is 155 Å². The van der Waals surface area contributed by atoms with Crippen LogP contribution in [0.2, 0.25) is 0 Å². The second-order valence-corrected chi connectivity index (χ2v) is 14.1. The molecule has 0 saturated carbocycles. The molecule has 0 amide bonds. The van der Waals surface area contributed by atoms with Crippen LogP contribution in [0.15, 0.2) is 48.6 Å². The van der Waals surface area contributed by atoms with Gasteiger partial charge in [-0.05, 0) is 38.5 Å². The molecule has 11 heteroatoms. The highest BCUT2D eigenvalue weighted by molar-refractivity contribution is 7.47. The molecule has 0 aromatic heterocycles. The Bertz CT molecular complexity index is 983. The van der Waals surface area contributed by atoms with Gasteiger partial charge in [-0.2, -0.15) is 0 Å². The molecule has 0 heterocycles. The number of carbonyl (C=O) groups excluding carboxylic acids is 2. The minimum Gasteiger partial charge on any atom is -0.462 e. The van der Waals surface area contributed by atoms with Crippen molar-refractivity contribution < 1.29 is 42.7 Å². The van der Waals surface area contributed by atoms with Crippen molar-refractivity contribution in [1.29, 1.82) is 0 Å². The Labute approximate surface area is 303 Å². The van der Waals surface area contributed by atoms with Crippen LogP contribution in [0.5, 0.6) is 0 Å². The van der Waals surface area contributed by atoms with Crippen molar-refractivity contribution in [3.8, 4) is 0 Å². The molecule has 3 atom stereocenters. The van der Waals surface area contributed by atoms with Gasteiger partial charge in [0.2, 0.25) is 0 Å². The van der Waals surface area contributed by atoms with E-state index >= 15 is 0 Å². The third-order valence-electron chi connectivity index (χ3n) is 7.82. The van der Waals surface area contributed by atoms with Crippen molar-refractivity contribution in [2.75, 3.05) is 26.4 Å². The molecule has 290 valence electrons. The van der Waals surface area contributed by atoms with E-state index in [9.17, 15) is 24.2 Å². The van der Waals surface area contributed by atoms with E-state index in [1.807, 2.05) is 36.5 Å². The van der Waals surface area contributed by atoms with Crippen LogP contribution in [0.25, 0.3) is 0 Å². The Hall–Kier alpha value is -2.07. The maximum atomic E-state index is 12.5. The Morgan fingerprint density at radius 3 is 1.94 bits per heavy atom. The fourth-order valence-corrected chi connectivity index (χ4v) is 5.68. The van der Waals surface area contributed by atoms with Gasteiger partial charge in [-0.1, -0.05) is 146 Å². The van der Waals surface area contributed by atoms with Gasteiger partial charge in [-0.25, -0.2) is 4.57 Å². The normalized spacial score (nSPS) is 14.6. The highest BCUT2D eigenvalue weighted by Crippen LogP contribution is 2.43. The van der Waals surface area contributed by atoms with Crippen molar-refractivity contribution in [1.82, 2.24) is 0 Å². The van der Waals surface area contributed by atoms with Crippen molar-refractivity contribution in [2.24, 2.45) is 5.73 Å². The van der Waals surface area contributed by atoms with Crippen LogP contribution < -0.4 is 5.73 Å². The maximum Gasteiger partial charge on any atom is 0.472 e. The first-order chi connectivity index (χ1) is 24.2. The van der Waals surface area contributed by atoms with E-state index in [2.05, 4.69) is 26.0 Å². The van der Waals surface area contributed by atoms with Gasteiger partial charge < -0.3 is 25.2 Å². The molecular formula is C39H70NO9P. The van der Waals surface area contributed by atoms with Crippen LogP contribution in [0.3, 0.4) is 0 Å². The fourth-order valence-electron chi connectivity index (χ4n) is 4.91. The van der Waals surface area contributed by atoms with Crippen molar-refractivity contribution in [2.45, 2.75) is 161 Å². The smallest absolute Gasteiger partial charge is 0.462 e. The summed E-state index contributed by atoms with van der Waals surface area (Å²) < 4.78 is 32.5. The summed E-state index contributed by atoms with van der Waals surface area (Å²) in [5.41, 5.74) is 5.32. The molecule has 0 aromatic rings. The van der Waals surface area contributed by atoms with Crippen molar-refractivity contribution >= 4 is 19.8 Å². The van der Waals surface area contributed by atoms with Crippen LogP contribution in [0, 0.1) is 0 Å². The van der Waals surface area contributed by atoms with Crippen molar-refractivity contribution in [3.63, 3.8) is 0 Å². The summed E-state index contributed by atoms with van der Waals surface area (Å²) in [6.07, 6.45) is 34.8. The minimum atomic E-state index is -4.39. The fraction of sp³-hybridized carbons (Fsp3) is 0.744. The number of aliphatic hydroxyl groups is 1. The Morgan fingerprint density at radius 1 is 0.700 bits per heavy atom. The van der Waals surface area contributed by atoms with E-state index in [4.69, 9.17) is 24.3 Å². The van der Waals surface area contributed by atoms with E-state index in [1.54, 1.807) is 0 Å². The molecule has 0 bridgehead atoms. The van der Waals surface area contributed by atoms with E-state index in [0.717, 1.165) is 57.8 Å². The lowest BCUT2D eigenvalue weighted by Crippen LogP contribution is -2.29. The molecule has 0 saturated heterocycles. The van der Waals surface area contributed by atoms with Gasteiger partial charge in [0.1, 0.15) is 6.61 Å². The van der Waals surface area contributed by atoms with E-state index in [0.29, 0.717) is 19.3 Å². The number of rotatable bonds is 35. The monoisotopic (exact) mass is 727 g/mol. The third-order valence-corrected chi connectivity index (χ3v) is 8.81. The third kappa shape index (κ3) is 34.4. The van der Waals surface area contributed by atoms with Crippen LogP contribution >= 0.6 is 7.82 Å². The molecule has 1 unspecified atom stereocenters. The molecular weight excluding hydrogens is 657 g/mol. The molecule has 0 spiro atoms. The number of hydrogen-bond donors (Lipinski definition) is 3. The molecule has 0 aromatic carbocycles. The molecule has 50 heavy (non-hydrogen) atoms. The molecule has 0 radical (unpaired) electrons. The molecule has 0 aliphatic carbocycles. The number of phosphoric acid groups is 1. The van der Waals surface area contributed by atoms with Crippen LogP contribution in [0.1, 0.15) is 149 Å². The lowest BCUT2D eigenvalue weighted by atomic mass is 10.1. The standard InChI is InChI=1S/C39H70NO9P/c1-3-5-7-8-9-10-12-17-20-23-27-31-39(43)49-37(35-48-50(44,45)47-33-32-40)34-46-38(42)30-26-22-19-16-14-11-13-15-18-21-25-29-36(41)28-24-6-4-2/h11,13,16,18-19,21,25,29,36-37,41H,3-10,12,14-15,17,20,22-24,26-28,30-35,40H2,1-2H3,(H,44,45)/b13-11-,19-16-,21-18-,29-25+/t36-,37-/m1/s1. The summed E-state index contributed by atoms with van der Waals surface area (Å²) in [4.78, 5) is 34.6. The second kappa shape index (κ2) is 35.3. The van der Waals surface area contributed by atoms with Gasteiger partial charge in [0.25, 0.3) is 0 Å². The van der Waals surface area contributed by atoms with Crippen LogP contribution in [-0.2, 0) is 32.7 Å². The minimum absolute atomic E-state index is 0.0385. The number of unbranched alkanes of at least 4 members (excludes halogenated alkanes) is 13. The predicted molar refractivity (Wildman–Crippen MR) is 202 cm³/mol. The molecule has 0 aliphatic rings. The largest absolute Gasteiger partial charge is 0.472 e. The summed E-state index contributed by atoms with van der Waals surface area (Å²) in [6, 6.07) is 0. The summed E-state index contributed by atoms with van der Waals surface area (Å²) in [6.45, 7) is 3.50. The number of hydrogen-bond acceptors (Lipinski definition) is 9. The first-order valence-corrected chi connectivity index (χ1v) is 20.7. The Morgan fingerprint density at radius 2 is 1.28 bits per heavy atom. The second-order valence-electron chi connectivity index (χ2n) is 12.6. The Balaban J connectivity index is 4.36. The average molecular weight is 728 g/mol. The van der Waals surface area contributed by atoms with Gasteiger partial charge in [-0.15, -0.1) is 0 Å². The number of ether oxygens (including phenoxy) is 2. The lowest BCUT2D eigenvalue weighted by Gasteiger charge is -2.19. The van der Waals surface area contributed by atoms with Gasteiger partial charge in [0, 0.05) is 19.4 Å². The quantitative estimate of drug-likeness (QED) is 0.0189. The van der Waals surface area contributed by atoms with Gasteiger partial charge in [-0.3, -0.25) is 18.6 Å². The molecule has 10 nitrogen and oxygen atoms in total. The highest BCUT2D eigenvalue weighted by atomic mass is 31.2. The molecule has 0 aliphatic heterocycles. The highest BCUT2D eigenvalue weighted by Gasteiger charge is 2.25. The summed E-state index contributed by atoms with van der Waals surface area (Å²) >= 11 is 0. The average Bonchev–Trinajstić information content (AvgIpc) is 3.09. The Kier molecular flexibility index (Phi) is 33.9. The predicted octanol–water partition coefficient (Wildman–Crippen LogP) is 9.35. The van der Waals surface area contributed by atoms with Crippen molar-refractivity contribution in [3.05, 3.63) is 48.6 Å². The SMILES string of the molecule is CCCCCCCCCCCCCC(=O)O[C@H](COC(=O)CCC/C=C\C/C=C\C/C=C\C=C\[C@H](O)CCCCC)COP(=O)(O)OCCN. The first kappa shape index (κ1) is 47.9. The van der Waals surface area contributed by atoms with Gasteiger partial charge in [0.15, 0.2) is 6.10 Å².